The minimum absolute atomic E-state index is 0.766. The third kappa shape index (κ3) is 5.07. The van der Waals surface area contributed by atoms with Crippen molar-refractivity contribution in [3.8, 4) is 0 Å². The van der Waals surface area contributed by atoms with E-state index >= 15 is 0 Å². The van der Waals surface area contributed by atoms with Crippen molar-refractivity contribution in [2.75, 3.05) is 19.6 Å². The Morgan fingerprint density at radius 1 is 0.842 bits per heavy atom. The summed E-state index contributed by atoms with van der Waals surface area (Å²) in [5, 5.41) is 3.85. The van der Waals surface area contributed by atoms with Gasteiger partial charge in [-0.3, -0.25) is 4.90 Å². The van der Waals surface area contributed by atoms with E-state index in [1.807, 2.05) is 0 Å². The predicted octanol–water partition coefficient (Wildman–Crippen LogP) is 3.95. The molecule has 0 radical (unpaired) electrons. The molecule has 2 atom stereocenters. The Kier molecular flexibility index (Phi) is 7.23. The molecule has 0 amide bonds. The average Bonchev–Trinajstić information content (AvgIpc) is 2.61. The fourth-order valence-electron chi connectivity index (χ4n) is 3.90. The number of nitrogens with zero attached hydrogens (tertiary/aromatic N) is 1. The summed E-state index contributed by atoms with van der Waals surface area (Å²) >= 11 is 0. The van der Waals surface area contributed by atoms with Crippen molar-refractivity contribution in [2.24, 2.45) is 0 Å². The molecule has 0 bridgehead atoms. The summed E-state index contributed by atoms with van der Waals surface area (Å²) in [6.45, 7) is 6.20. The Morgan fingerprint density at radius 3 is 2.21 bits per heavy atom. The molecule has 2 nitrogen and oxygen atoms in total. The van der Waals surface area contributed by atoms with Gasteiger partial charge in [0.15, 0.2) is 0 Å². The van der Waals surface area contributed by atoms with Crippen LogP contribution in [0.15, 0.2) is 0 Å². The molecule has 1 heterocycles. The highest BCUT2D eigenvalue weighted by atomic mass is 15.2. The van der Waals surface area contributed by atoms with E-state index in [4.69, 9.17) is 0 Å². The maximum atomic E-state index is 3.85. The Hall–Kier alpha value is -0.0800. The second-order valence-electron chi connectivity index (χ2n) is 6.57. The number of rotatable bonds is 4. The number of likely N-dealkylation sites (tertiary alicyclic amines) is 1. The molecule has 2 rings (SSSR count). The Morgan fingerprint density at radius 2 is 1.47 bits per heavy atom. The maximum absolute atomic E-state index is 3.85. The van der Waals surface area contributed by atoms with Crippen LogP contribution in [0.4, 0.5) is 0 Å². The van der Waals surface area contributed by atoms with Gasteiger partial charge in [-0.05, 0) is 51.7 Å². The Balaban J connectivity index is 1.93. The first kappa shape index (κ1) is 15.3. The lowest BCUT2D eigenvalue weighted by molar-refractivity contribution is 0.136. The summed E-state index contributed by atoms with van der Waals surface area (Å²) in [4.78, 5) is 2.85. The van der Waals surface area contributed by atoms with Crippen molar-refractivity contribution in [3.63, 3.8) is 0 Å². The molecule has 1 N–H and O–H groups in total. The lowest BCUT2D eigenvalue weighted by Crippen LogP contribution is -2.50. The third-order valence-corrected chi connectivity index (χ3v) is 5.00. The predicted molar refractivity (Wildman–Crippen MR) is 83.6 cm³/mol. The van der Waals surface area contributed by atoms with E-state index in [0.29, 0.717) is 0 Å². The lowest BCUT2D eigenvalue weighted by atomic mass is 9.98. The normalized spacial score (nSPS) is 31.4. The lowest BCUT2D eigenvalue weighted by Gasteiger charge is -2.38. The molecule has 1 aliphatic carbocycles. The smallest absolute Gasteiger partial charge is 0.0249 e. The fraction of sp³-hybridized carbons (Fsp3) is 1.00. The van der Waals surface area contributed by atoms with Gasteiger partial charge in [0.25, 0.3) is 0 Å². The van der Waals surface area contributed by atoms with Crippen LogP contribution < -0.4 is 5.32 Å². The molecule has 1 saturated carbocycles. The highest BCUT2D eigenvalue weighted by molar-refractivity contribution is 4.87. The maximum Gasteiger partial charge on any atom is 0.0249 e. The summed E-state index contributed by atoms with van der Waals surface area (Å²) in [5.41, 5.74) is 0. The molecule has 2 aliphatic rings. The van der Waals surface area contributed by atoms with Gasteiger partial charge in [0.05, 0.1) is 0 Å². The SMILES string of the molecule is CCCNC1CCCCCC1N1CCCCCCC1. The van der Waals surface area contributed by atoms with Gasteiger partial charge in [-0.2, -0.15) is 0 Å². The van der Waals surface area contributed by atoms with E-state index in [1.54, 1.807) is 0 Å². The van der Waals surface area contributed by atoms with Crippen molar-refractivity contribution in [2.45, 2.75) is 89.6 Å². The van der Waals surface area contributed by atoms with Crippen molar-refractivity contribution in [1.29, 1.82) is 0 Å². The van der Waals surface area contributed by atoms with Gasteiger partial charge < -0.3 is 5.32 Å². The van der Waals surface area contributed by atoms with Crippen LogP contribution in [0.5, 0.6) is 0 Å². The zero-order valence-electron chi connectivity index (χ0n) is 13.0. The van der Waals surface area contributed by atoms with E-state index < -0.39 is 0 Å². The summed E-state index contributed by atoms with van der Waals surface area (Å²) in [6, 6.07) is 1.59. The first-order valence-corrected chi connectivity index (χ1v) is 8.89. The molecular formula is C17H34N2. The van der Waals surface area contributed by atoms with Crippen LogP contribution in [0.3, 0.4) is 0 Å². The zero-order valence-corrected chi connectivity index (χ0v) is 13.0. The molecule has 0 aromatic carbocycles. The zero-order chi connectivity index (χ0) is 13.3. The Labute approximate surface area is 120 Å². The molecule has 19 heavy (non-hydrogen) atoms. The quantitative estimate of drug-likeness (QED) is 0.775. The van der Waals surface area contributed by atoms with Gasteiger partial charge in [-0.1, -0.05) is 45.4 Å². The van der Waals surface area contributed by atoms with Gasteiger partial charge in [0.2, 0.25) is 0 Å². The molecule has 0 aromatic rings. The molecule has 112 valence electrons. The first-order chi connectivity index (χ1) is 9.42. The third-order valence-electron chi connectivity index (χ3n) is 5.00. The second kappa shape index (κ2) is 8.97. The standard InChI is InChI=1S/C17H34N2/c1-2-13-18-16-11-7-6-8-12-17(16)19-14-9-4-3-5-10-15-19/h16-18H,2-15H2,1H3. The number of nitrogens with one attached hydrogen (secondary N) is 1. The van der Waals surface area contributed by atoms with Crippen LogP contribution in [0.2, 0.25) is 0 Å². The van der Waals surface area contributed by atoms with Crippen LogP contribution in [-0.4, -0.2) is 36.6 Å². The van der Waals surface area contributed by atoms with Crippen LogP contribution in [0.25, 0.3) is 0 Å². The van der Waals surface area contributed by atoms with Crippen LogP contribution >= 0.6 is 0 Å². The van der Waals surface area contributed by atoms with Crippen molar-refractivity contribution in [1.82, 2.24) is 10.2 Å². The van der Waals surface area contributed by atoms with Crippen molar-refractivity contribution < 1.29 is 0 Å². The first-order valence-electron chi connectivity index (χ1n) is 8.89. The van der Waals surface area contributed by atoms with Gasteiger partial charge in [-0.25, -0.2) is 0 Å². The van der Waals surface area contributed by atoms with Crippen molar-refractivity contribution >= 4 is 0 Å². The largest absolute Gasteiger partial charge is 0.312 e. The highest BCUT2D eigenvalue weighted by Gasteiger charge is 2.28. The minimum Gasteiger partial charge on any atom is -0.312 e. The fourth-order valence-corrected chi connectivity index (χ4v) is 3.90. The molecular weight excluding hydrogens is 232 g/mol. The van der Waals surface area contributed by atoms with Gasteiger partial charge in [-0.15, -0.1) is 0 Å². The second-order valence-corrected chi connectivity index (χ2v) is 6.57. The van der Waals surface area contributed by atoms with Crippen LogP contribution in [-0.2, 0) is 0 Å². The molecule has 0 aromatic heterocycles. The van der Waals surface area contributed by atoms with E-state index in [-0.39, 0.29) is 0 Å². The highest BCUT2D eigenvalue weighted by Crippen LogP contribution is 2.24. The summed E-state index contributed by atoms with van der Waals surface area (Å²) in [5.74, 6) is 0. The van der Waals surface area contributed by atoms with E-state index in [1.165, 1.54) is 90.3 Å². The molecule has 1 saturated heterocycles. The monoisotopic (exact) mass is 266 g/mol. The number of hydrogen-bond donors (Lipinski definition) is 1. The molecule has 2 fully saturated rings. The molecule has 1 aliphatic heterocycles. The average molecular weight is 266 g/mol. The van der Waals surface area contributed by atoms with E-state index in [9.17, 15) is 0 Å². The van der Waals surface area contributed by atoms with Crippen LogP contribution in [0, 0.1) is 0 Å². The van der Waals surface area contributed by atoms with Crippen LogP contribution in [0.1, 0.15) is 77.6 Å². The summed E-state index contributed by atoms with van der Waals surface area (Å²) < 4.78 is 0. The minimum atomic E-state index is 0.766. The van der Waals surface area contributed by atoms with E-state index in [0.717, 1.165) is 12.1 Å². The number of hydrogen-bond acceptors (Lipinski definition) is 2. The molecule has 2 unspecified atom stereocenters. The van der Waals surface area contributed by atoms with E-state index in [2.05, 4.69) is 17.1 Å². The molecule has 2 heteroatoms. The van der Waals surface area contributed by atoms with Gasteiger partial charge >= 0.3 is 0 Å². The summed E-state index contributed by atoms with van der Waals surface area (Å²) in [7, 11) is 0. The summed E-state index contributed by atoms with van der Waals surface area (Å²) in [6.07, 6.45) is 15.7. The molecule has 0 spiro atoms. The van der Waals surface area contributed by atoms with Gasteiger partial charge in [0.1, 0.15) is 0 Å². The van der Waals surface area contributed by atoms with Gasteiger partial charge in [0, 0.05) is 12.1 Å². The topological polar surface area (TPSA) is 15.3 Å². The van der Waals surface area contributed by atoms with Crippen molar-refractivity contribution in [3.05, 3.63) is 0 Å². The Bertz CT molecular complexity index is 221.